The van der Waals surface area contributed by atoms with Gasteiger partial charge in [0, 0.05) is 17.0 Å². The van der Waals surface area contributed by atoms with Crippen molar-refractivity contribution in [2.24, 2.45) is 0 Å². The SMILES string of the molecule is OCCCC(c1ccccc1)c1ccccc1Br. The summed E-state index contributed by atoms with van der Waals surface area (Å²) in [5.74, 6) is 0.342. The van der Waals surface area contributed by atoms with Crippen LogP contribution in [0, 0.1) is 0 Å². The average Bonchev–Trinajstić information content (AvgIpc) is 2.42. The third kappa shape index (κ3) is 3.21. The summed E-state index contributed by atoms with van der Waals surface area (Å²) in [5.41, 5.74) is 2.59. The van der Waals surface area contributed by atoms with E-state index >= 15 is 0 Å². The zero-order chi connectivity index (χ0) is 12.8. The summed E-state index contributed by atoms with van der Waals surface area (Å²) in [4.78, 5) is 0. The van der Waals surface area contributed by atoms with Crippen molar-refractivity contribution in [3.8, 4) is 0 Å². The molecule has 0 heterocycles. The summed E-state index contributed by atoms with van der Waals surface area (Å²) in [6.45, 7) is 0.244. The van der Waals surface area contributed by atoms with Gasteiger partial charge in [-0.25, -0.2) is 0 Å². The van der Waals surface area contributed by atoms with E-state index in [4.69, 9.17) is 5.11 Å². The van der Waals surface area contributed by atoms with Gasteiger partial charge in [0.1, 0.15) is 0 Å². The fourth-order valence-corrected chi connectivity index (χ4v) is 2.80. The van der Waals surface area contributed by atoms with Gasteiger partial charge in [-0.1, -0.05) is 64.5 Å². The van der Waals surface area contributed by atoms with Gasteiger partial charge >= 0.3 is 0 Å². The van der Waals surface area contributed by atoms with Gasteiger partial charge < -0.3 is 5.11 Å². The van der Waals surface area contributed by atoms with Crippen molar-refractivity contribution in [2.45, 2.75) is 18.8 Å². The number of aliphatic hydroxyl groups excluding tert-OH is 1. The van der Waals surface area contributed by atoms with Gasteiger partial charge in [0.05, 0.1) is 0 Å². The Hall–Kier alpha value is -1.12. The van der Waals surface area contributed by atoms with Gasteiger partial charge in [-0.3, -0.25) is 0 Å². The highest BCUT2D eigenvalue weighted by atomic mass is 79.9. The van der Waals surface area contributed by atoms with Crippen molar-refractivity contribution in [1.29, 1.82) is 0 Å². The van der Waals surface area contributed by atoms with E-state index in [1.807, 2.05) is 12.1 Å². The molecule has 94 valence electrons. The second-order valence-corrected chi connectivity index (χ2v) is 5.20. The van der Waals surface area contributed by atoms with Gasteiger partial charge in [-0.05, 0) is 30.0 Å². The molecule has 0 aliphatic carbocycles. The van der Waals surface area contributed by atoms with E-state index in [0.717, 1.165) is 17.3 Å². The van der Waals surface area contributed by atoms with Crippen LogP contribution in [-0.2, 0) is 0 Å². The first kappa shape index (κ1) is 13.3. The number of benzene rings is 2. The maximum absolute atomic E-state index is 9.07. The molecular weight excluding hydrogens is 288 g/mol. The number of hydrogen-bond donors (Lipinski definition) is 1. The Morgan fingerprint density at radius 3 is 2.28 bits per heavy atom. The monoisotopic (exact) mass is 304 g/mol. The van der Waals surface area contributed by atoms with E-state index in [9.17, 15) is 0 Å². The molecular formula is C16H17BrO. The zero-order valence-corrected chi connectivity index (χ0v) is 11.8. The molecule has 2 heteroatoms. The van der Waals surface area contributed by atoms with Crippen LogP contribution in [0.1, 0.15) is 29.9 Å². The smallest absolute Gasteiger partial charge is 0.0431 e. The van der Waals surface area contributed by atoms with Crippen LogP contribution in [0.3, 0.4) is 0 Å². The highest BCUT2D eigenvalue weighted by molar-refractivity contribution is 9.10. The molecule has 0 radical (unpaired) electrons. The summed E-state index contributed by atoms with van der Waals surface area (Å²) in [6, 6.07) is 18.8. The Bertz CT molecular complexity index is 481. The standard InChI is InChI=1S/C16H17BrO/c17-16-11-5-4-9-15(16)14(10-6-12-18)13-7-2-1-3-8-13/h1-5,7-9,11,14,18H,6,10,12H2. The molecule has 18 heavy (non-hydrogen) atoms. The molecule has 0 spiro atoms. The van der Waals surface area contributed by atoms with E-state index in [1.165, 1.54) is 11.1 Å². The molecule has 1 atom stereocenters. The molecule has 0 aliphatic rings. The van der Waals surface area contributed by atoms with Gasteiger partial charge in [-0.15, -0.1) is 0 Å². The van der Waals surface area contributed by atoms with E-state index in [2.05, 4.69) is 58.4 Å². The lowest BCUT2D eigenvalue weighted by atomic mass is 9.87. The van der Waals surface area contributed by atoms with Crippen LogP contribution in [0.5, 0.6) is 0 Å². The van der Waals surface area contributed by atoms with Crippen LogP contribution in [0.15, 0.2) is 59.1 Å². The topological polar surface area (TPSA) is 20.2 Å². The summed E-state index contributed by atoms with van der Waals surface area (Å²) in [5, 5.41) is 9.07. The van der Waals surface area contributed by atoms with Crippen LogP contribution in [0.25, 0.3) is 0 Å². The minimum absolute atomic E-state index is 0.244. The number of halogens is 1. The first-order chi connectivity index (χ1) is 8.83. The maximum Gasteiger partial charge on any atom is 0.0431 e. The van der Waals surface area contributed by atoms with Crippen molar-refractivity contribution in [2.75, 3.05) is 6.61 Å². The fraction of sp³-hybridized carbons (Fsp3) is 0.250. The van der Waals surface area contributed by atoms with E-state index < -0.39 is 0 Å². The quantitative estimate of drug-likeness (QED) is 0.870. The highest BCUT2D eigenvalue weighted by Gasteiger charge is 2.15. The maximum atomic E-state index is 9.07. The third-order valence-electron chi connectivity index (χ3n) is 3.13. The molecule has 0 amide bonds. The molecule has 0 aromatic heterocycles. The summed E-state index contributed by atoms with van der Waals surface area (Å²) in [6.07, 6.45) is 1.78. The van der Waals surface area contributed by atoms with Crippen LogP contribution in [0.4, 0.5) is 0 Å². The van der Waals surface area contributed by atoms with Crippen molar-refractivity contribution in [3.05, 3.63) is 70.2 Å². The van der Waals surface area contributed by atoms with E-state index in [1.54, 1.807) is 0 Å². The van der Waals surface area contributed by atoms with Gasteiger partial charge in [0.15, 0.2) is 0 Å². The number of aliphatic hydroxyl groups is 1. The Morgan fingerprint density at radius 2 is 1.61 bits per heavy atom. The first-order valence-electron chi connectivity index (χ1n) is 6.23. The second kappa shape index (κ2) is 6.72. The van der Waals surface area contributed by atoms with E-state index in [0.29, 0.717) is 5.92 Å². The van der Waals surface area contributed by atoms with Crippen LogP contribution < -0.4 is 0 Å². The molecule has 0 saturated carbocycles. The minimum atomic E-state index is 0.244. The van der Waals surface area contributed by atoms with Crippen LogP contribution >= 0.6 is 15.9 Å². The van der Waals surface area contributed by atoms with E-state index in [-0.39, 0.29) is 6.61 Å². The Balaban J connectivity index is 2.34. The molecule has 1 nitrogen and oxygen atoms in total. The summed E-state index contributed by atoms with van der Waals surface area (Å²) < 4.78 is 1.14. The van der Waals surface area contributed by atoms with Crippen molar-refractivity contribution >= 4 is 15.9 Å². The van der Waals surface area contributed by atoms with Gasteiger partial charge in [-0.2, -0.15) is 0 Å². The number of rotatable bonds is 5. The Morgan fingerprint density at radius 1 is 0.944 bits per heavy atom. The lowest BCUT2D eigenvalue weighted by Gasteiger charge is -2.19. The predicted molar refractivity (Wildman–Crippen MR) is 78.7 cm³/mol. The van der Waals surface area contributed by atoms with Crippen molar-refractivity contribution in [3.63, 3.8) is 0 Å². The molecule has 1 unspecified atom stereocenters. The Labute approximate surface area is 117 Å². The van der Waals surface area contributed by atoms with Gasteiger partial charge in [0.25, 0.3) is 0 Å². The average molecular weight is 305 g/mol. The molecule has 0 saturated heterocycles. The molecule has 0 aliphatic heterocycles. The molecule has 1 N–H and O–H groups in total. The second-order valence-electron chi connectivity index (χ2n) is 4.35. The highest BCUT2D eigenvalue weighted by Crippen LogP contribution is 2.33. The van der Waals surface area contributed by atoms with Gasteiger partial charge in [0.2, 0.25) is 0 Å². The molecule has 2 aromatic carbocycles. The third-order valence-corrected chi connectivity index (χ3v) is 3.86. The fourth-order valence-electron chi connectivity index (χ4n) is 2.24. The largest absolute Gasteiger partial charge is 0.396 e. The summed E-state index contributed by atoms with van der Waals surface area (Å²) >= 11 is 3.62. The molecule has 0 fully saturated rings. The zero-order valence-electron chi connectivity index (χ0n) is 10.2. The van der Waals surface area contributed by atoms with Crippen LogP contribution in [0.2, 0.25) is 0 Å². The minimum Gasteiger partial charge on any atom is -0.396 e. The summed E-state index contributed by atoms with van der Waals surface area (Å²) in [7, 11) is 0. The lowest BCUT2D eigenvalue weighted by Crippen LogP contribution is -2.03. The molecule has 2 rings (SSSR count). The number of hydrogen-bond acceptors (Lipinski definition) is 1. The molecule has 2 aromatic rings. The van der Waals surface area contributed by atoms with Crippen molar-refractivity contribution in [1.82, 2.24) is 0 Å². The first-order valence-corrected chi connectivity index (χ1v) is 7.02. The van der Waals surface area contributed by atoms with Crippen molar-refractivity contribution < 1.29 is 5.11 Å². The van der Waals surface area contributed by atoms with Crippen LogP contribution in [-0.4, -0.2) is 11.7 Å². The normalized spacial score (nSPS) is 12.3. The lowest BCUT2D eigenvalue weighted by molar-refractivity contribution is 0.282. The Kier molecular flexibility index (Phi) is 4.97. The molecule has 0 bridgehead atoms. The predicted octanol–water partition coefficient (Wildman–Crippen LogP) is 4.35.